The Hall–Kier alpha value is -2.50. The Morgan fingerprint density at radius 2 is 2.00 bits per heavy atom. The van der Waals surface area contributed by atoms with Crippen LogP contribution in [0.3, 0.4) is 0 Å². The number of rotatable bonds is 5. The predicted octanol–water partition coefficient (Wildman–Crippen LogP) is 2.15. The molecule has 6 nitrogen and oxygen atoms in total. The summed E-state index contributed by atoms with van der Waals surface area (Å²) in [5.74, 6) is 0.202. The highest BCUT2D eigenvalue weighted by Crippen LogP contribution is 2.29. The van der Waals surface area contributed by atoms with Crippen molar-refractivity contribution in [2.75, 3.05) is 14.2 Å². The minimum Gasteiger partial charge on any atom is -0.493 e. The molecule has 0 radical (unpaired) electrons. The summed E-state index contributed by atoms with van der Waals surface area (Å²) in [6.07, 6.45) is 1.92. The molecule has 0 saturated heterocycles. The van der Waals surface area contributed by atoms with Crippen LogP contribution in [0.2, 0.25) is 0 Å². The summed E-state index contributed by atoms with van der Waals surface area (Å²) in [6.45, 7) is 1.89. The first kappa shape index (κ1) is 13.9. The maximum atomic E-state index is 11.2. The van der Waals surface area contributed by atoms with Crippen molar-refractivity contribution in [3.8, 4) is 17.2 Å². The van der Waals surface area contributed by atoms with Gasteiger partial charge in [-0.3, -0.25) is 0 Å². The number of ether oxygens (including phenoxy) is 2. The first-order valence-corrected chi connectivity index (χ1v) is 6.15. The fourth-order valence-corrected chi connectivity index (χ4v) is 2.07. The molecule has 1 aromatic heterocycles. The van der Waals surface area contributed by atoms with Crippen molar-refractivity contribution in [1.82, 2.24) is 9.78 Å². The lowest BCUT2D eigenvalue weighted by Crippen LogP contribution is -2.06. The highest BCUT2D eigenvalue weighted by molar-refractivity contribution is 5.88. The van der Waals surface area contributed by atoms with E-state index in [1.54, 1.807) is 37.1 Å². The van der Waals surface area contributed by atoms with E-state index >= 15 is 0 Å². The van der Waals surface area contributed by atoms with Crippen molar-refractivity contribution < 1.29 is 19.4 Å². The number of hydrogen-bond acceptors (Lipinski definition) is 4. The summed E-state index contributed by atoms with van der Waals surface area (Å²) in [5, 5.41) is 13.3. The first-order valence-electron chi connectivity index (χ1n) is 6.15. The van der Waals surface area contributed by atoms with Crippen LogP contribution in [-0.4, -0.2) is 35.1 Å². The van der Waals surface area contributed by atoms with Crippen LogP contribution in [-0.2, 0) is 6.42 Å². The SMILES string of the molecule is CCc1c(C(=O)O)cnn1-c1ccc(OC)c(OC)c1. The van der Waals surface area contributed by atoms with Crippen LogP contribution in [0.4, 0.5) is 0 Å². The topological polar surface area (TPSA) is 73.6 Å². The number of hydrogen-bond donors (Lipinski definition) is 1. The Morgan fingerprint density at radius 3 is 2.55 bits per heavy atom. The molecule has 0 unspecified atom stereocenters. The van der Waals surface area contributed by atoms with Gasteiger partial charge in [-0.2, -0.15) is 5.10 Å². The largest absolute Gasteiger partial charge is 0.493 e. The van der Waals surface area contributed by atoms with Crippen LogP contribution in [0.15, 0.2) is 24.4 Å². The Labute approximate surface area is 116 Å². The summed E-state index contributed by atoms with van der Waals surface area (Å²) in [5.41, 5.74) is 1.58. The lowest BCUT2D eigenvalue weighted by Gasteiger charge is -2.11. The average molecular weight is 276 g/mol. The van der Waals surface area contributed by atoms with E-state index in [9.17, 15) is 4.79 Å². The van der Waals surface area contributed by atoms with E-state index in [0.717, 1.165) is 5.69 Å². The molecule has 0 aliphatic heterocycles. The third-order valence-corrected chi connectivity index (χ3v) is 3.05. The van der Waals surface area contributed by atoms with E-state index in [1.165, 1.54) is 6.20 Å². The molecule has 106 valence electrons. The normalized spacial score (nSPS) is 10.3. The van der Waals surface area contributed by atoms with Crippen molar-refractivity contribution in [1.29, 1.82) is 0 Å². The van der Waals surface area contributed by atoms with Crippen LogP contribution in [0.1, 0.15) is 23.0 Å². The van der Waals surface area contributed by atoms with Crippen LogP contribution >= 0.6 is 0 Å². The van der Waals surface area contributed by atoms with Crippen LogP contribution < -0.4 is 9.47 Å². The minimum atomic E-state index is -0.978. The van der Waals surface area contributed by atoms with Gasteiger partial charge in [0.15, 0.2) is 11.5 Å². The summed E-state index contributed by atoms with van der Waals surface area (Å²) >= 11 is 0. The van der Waals surface area contributed by atoms with Gasteiger partial charge in [-0.15, -0.1) is 0 Å². The molecule has 0 aliphatic rings. The Balaban J connectivity index is 2.54. The summed E-state index contributed by atoms with van der Waals surface area (Å²) in [6, 6.07) is 5.32. The highest BCUT2D eigenvalue weighted by atomic mass is 16.5. The maximum Gasteiger partial charge on any atom is 0.339 e. The molecule has 0 spiro atoms. The third kappa shape index (κ3) is 2.32. The molecular weight excluding hydrogens is 260 g/mol. The molecule has 0 aliphatic carbocycles. The first-order chi connectivity index (χ1) is 9.62. The second-order valence-corrected chi connectivity index (χ2v) is 4.11. The van der Waals surface area contributed by atoms with E-state index in [1.807, 2.05) is 6.92 Å². The molecule has 0 bridgehead atoms. The number of carboxylic acids is 1. The lowest BCUT2D eigenvalue weighted by molar-refractivity contribution is 0.0695. The van der Waals surface area contributed by atoms with Gasteiger partial charge in [0.1, 0.15) is 5.56 Å². The maximum absolute atomic E-state index is 11.2. The fourth-order valence-electron chi connectivity index (χ4n) is 2.07. The monoisotopic (exact) mass is 276 g/mol. The molecule has 0 saturated carbocycles. The fraction of sp³-hybridized carbons (Fsp3) is 0.286. The Morgan fingerprint density at radius 1 is 1.30 bits per heavy atom. The zero-order valence-electron chi connectivity index (χ0n) is 11.6. The van der Waals surface area contributed by atoms with E-state index in [0.29, 0.717) is 23.6 Å². The molecule has 0 amide bonds. The average Bonchev–Trinajstić information content (AvgIpc) is 2.90. The van der Waals surface area contributed by atoms with Gasteiger partial charge < -0.3 is 14.6 Å². The molecule has 1 N–H and O–H groups in total. The number of aromatic nitrogens is 2. The smallest absolute Gasteiger partial charge is 0.339 e. The third-order valence-electron chi connectivity index (χ3n) is 3.05. The highest BCUT2D eigenvalue weighted by Gasteiger charge is 2.17. The van der Waals surface area contributed by atoms with Crippen LogP contribution in [0.25, 0.3) is 5.69 Å². The van der Waals surface area contributed by atoms with Gasteiger partial charge in [0.25, 0.3) is 0 Å². The number of methoxy groups -OCH3 is 2. The Bertz CT molecular complexity index is 634. The van der Waals surface area contributed by atoms with E-state index in [4.69, 9.17) is 14.6 Å². The molecule has 2 rings (SSSR count). The van der Waals surface area contributed by atoms with Crippen molar-refractivity contribution in [2.45, 2.75) is 13.3 Å². The zero-order valence-corrected chi connectivity index (χ0v) is 11.6. The molecule has 0 fully saturated rings. The summed E-state index contributed by atoms with van der Waals surface area (Å²) < 4.78 is 12.0. The van der Waals surface area contributed by atoms with Gasteiger partial charge in [0.2, 0.25) is 0 Å². The van der Waals surface area contributed by atoms with E-state index < -0.39 is 5.97 Å². The quantitative estimate of drug-likeness (QED) is 0.905. The van der Waals surface area contributed by atoms with Crippen molar-refractivity contribution in [2.24, 2.45) is 0 Å². The number of carboxylic acid groups (broad SMARTS) is 1. The van der Waals surface area contributed by atoms with Gasteiger partial charge in [-0.25, -0.2) is 9.48 Å². The van der Waals surface area contributed by atoms with E-state index in [-0.39, 0.29) is 5.56 Å². The molecule has 2 aromatic rings. The van der Waals surface area contributed by atoms with Gasteiger partial charge in [0, 0.05) is 6.07 Å². The Kier molecular flexibility index (Phi) is 3.93. The number of aromatic carboxylic acids is 1. The standard InChI is InChI=1S/C14H16N2O4/c1-4-11-10(14(17)18)8-15-16(11)9-5-6-12(19-2)13(7-9)20-3/h5-8H,4H2,1-3H3,(H,17,18). The van der Waals surface area contributed by atoms with E-state index in [2.05, 4.69) is 5.10 Å². The van der Waals surface area contributed by atoms with Crippen LogP contribution in [0, 0.1) is 0 Å². The number of nitrogens with zero attached hydrogens (tertiary/aromatic N) is 2. The predicted molar refractivity (Wildman–Crippen MR) is 73.0 cm³/mol. The number of benzene rings is 1. The molecular formula is C14H16N2O4. The van der Waals surface area contributed by atoms with Gasteiger partial charge >= 0.3 is 5.97 Å². The second-order valence-electron chi connectivity index (χ2n) is 4.11. The molecule has 1 aromatic carbocycles. The summed E-state index contributed by atoms with van der Waals surface area (Å²) in [4.78, 5) is 11.2. The molecule has 20 heavy (non-hydrogen) atoms. The number of carbonyl (C=O) groups is 1. The minimum absolute atomic E-state index is 0.210. The van der Waals surface area contributed by atoms with Crippen molar-refractivity contribution in [3.63, 3.8) is 0 Å². The summed E-state index contributed by atoms with van der Waals surface area (Å²) in [7, 11) is 3.11. The zero-order chi connectivity index (χ0) is 14.7. The van der Waals surface area contributed by atoms with Crippen LogP contribution in [0.5, 0.6) is 11.5 Å². The molecule has 1 heterocycles. The molecule has 0 atom stereocenters. The molecule has 6 heteroatoms. The van der Waals surface area contributed by atoms with Crippen molar-refractivity contribution >= 4 is 5.97 Å². The van der Waals surface area contributed by atoms with Gasteiger partial charge in [-0.1, -0.05) is 6.92 Å². The van der Waals surface area contributed by atoms with Gasteiger partial charge in [0.05, 0.1) is 31.8 Å². The van der Waals surface area contributed by atoms with Crippen molar-refractivity contribution in [3.05, 3.63) is 35.7 Å². The lowest BCUT2D eigenvalue weighted by atomic mass is 10.2. The van der Waals surface area contributed by atoms with Gasteiger partial charge in [-0.05, 0) is 18.6 Å². The second kappa shape index (κ2) is 5.64.